The van der Waals surface area contributed by atoms with Crippen LogP contribution >= 0.6 is 0 Å². The molecule has 0 unspecified atom stereocenters. The van der Waals surface area contributed by atoms with Gasteiger partial charge in [-0.15, -0.1) is 0 Å². The Hall–Kier alpha value is -1.56. The number of hydrogen-bond donors (Lipinski definition) is 1. The van der Waals surface area contributed by atoms with Gasteiger partial charge in [-0.2, -0.15) is 0 Å². The Bertz CT molecular complexity index is 467. The smallest absolute Gasteiger partial charge is 0.411 e. The molecule has 0 fully saturated rings. The molecular formula is C9H11NO4S. The van der Waals surface area contributed by atoms with Crippen molar-refractivity contribution in [3.8, 4) is 0 Å². The van der Waals surface area contributed by atoms with Gasteiger partial charge in [-0.25, -0.2) is 13.2 Å². The molecule has 0 bridgehead atoms. The van der Waals surface area contributed by atoms with Gasteiger partial charge in [0.25, 0.3) is 0 Å². The van der Waals surface area contributed by atoms with Crippen LogP contribution in [0, 0.1) is 0 Å². The zero-order valence-electron chi connectivity index (χ0n) is 8.35. The first-order valence-electron chi connectivity index (χ1n) is 4.09. The topological polar surface area (TPSA) is 72.5 Å². The van der Waals surface area contributed by atoms with Crippen LogP contribution in [0.5, 0.6) is 0 Å². The number of methoxy groups -OCH3 is 1. The number of carbonyl (C=O) groups is 1. The first kappa shape index (κ1) is 11.5. The largest absolute Gasteiger partial charge is 0.453 e. The average Bonchev–Trinajstić information content (AvgIpc) is 2.17. The van der Waals surface area contributed by atoms with Crippen molar-refractivity contribution >= 4 is 21.6 Å². The number of amides is 1. The van der Waals surface area contributed by atoms with Gasteiger partial charge >= 0.3 is 6.09 Å². The molecule has 0 saturated heterocycles. The van der Waals surface area contributed by atoms with E-state index in [1.807, 2.05) is 0 Å². The number of carbonyl (C=O) groups excluding carboxylic acids is 1. The third-order valence-electron chi connectivity index (χ3n) is 1.71. The zero-order valence-corrected chi connectivity index (χ0v) is 9.17. The molecule has 1 amide bonds. The van der Waals surface area contributed by atoms with Crippen LogP contribution < -0.4 is 5.32 Å². The van der Waals surface area contributed by atoms with Gasteiger partial charge in [0, 0.05) is 6.26 Å². The van der Waals surface area contributed by atoms with Crippen LogP contribution in [0.2, 0.25) is 0 Å². The van der Waals surface area contributed by atoms with Crippen LogP contribution in [0.15, 0.2) is 29.2 Å². The Kier molecular flexibility index (Phi) is 3.31. The standard InChI is InChI=1S/C9H11NO4S/c1-14-9(11)10-7-5-3-4-6-8(7)15(2,12)13/h3-6H,1-2H3,(H,10,11). The van der Waals surface area contributed by atoms with Gasteiger partial charge in [-0.1, -0.05) is 12.1 Å². The summed E-state index contributed by atoms with van der Waals surface area (Å²) < 4.78 is 27.0. The van der Waals surface area contributed by atoms with Gasteiger partial charge in [-0.05, 0) is 12.1 Å². The quantitative estimate of drug-likeness (QED) is 0.828. The van der Waals surface area contributed by atoms with Gasteiger partial charge in [0.15, 0.2) is 9.84 Å². The molecule has 0 heterocycles. The summed E-state index contributed by atoms with van der Waals surface area (Å²) in [6, 6.07) is 6.12. The lowest BCUT2D eigenvalue weighted by Gasteiger charge is -2.07. The van der Waals surface area contributed by atoms with E-state index in [1.165, 1.54) is 19.2 Å². The van der Waals surface area contributed by atoms with E-state index < -0.39 is 15.9 Å². The van der Waals surface area contributed by atoms with Crippen LogP contribution in [0.25, 0.3) is 0 Å². The molecule has 1 rings (SSSR count). The number of sulfone groups is 1. The second-order valence-corrected chi connectivity index (χ2v) is 4.87. The van der Waals surface area contributed by atoms with Crippen molar-refractivity contribution in [2.45, 2.75) is 4.90 Å². The molecule has 1 aromatic rings. The highest BCUT2D eigenvalue weighted by atomic mass is 32.2. The average molecular weight is 229 g/mol. The fraction of sp³-hybridized carbons (Fsp3) is 0.222. The van der Waals surface area contributed by atoms with E-state index in [2.05, 4.69) is 10.1 Å². The number of para-hydroxylation sites is 1. The third-order valence-corrected chi connectivity index (χ3v) is 2.86. The van der Waals surface area contributed by atoms with Gasteiger partial charge in [0.1, 0.15) is 0 Å². The predicted molar refractivity (Wildman–Crippen MR) is 55.6 cm³/mol. The SMILES string of the molecule is COC(=O)Nc1ccccc1S(C)(=O)=O. The second-order valence-electron chi connectivity index (χ2n) is 2.88. The molecule has 82 valence electrons. The van der Waals surface area contributed by atoms with Crippen molar-refractivity contribution in [2.75, 3.05) is 18.7 Å². The maximum Gasteiger partial charge on any atom is 0.411 e. The first-order valence-corrected chi connectivity index (χ1v) is 5.98. The summed E-state index contributed by atoms with van der Waals surface area (Å²) in [4.78, 5) is 11.0. The maximum atomic E-state index is 11.3. The van der Waals surface area contributed by atoms with Crippen LogP contribution in [0.1, 0.15) is 0 Å². The minimum absolute atomic E-state index is 0.0652. The predicted octanol–water partition coefficient (Wildman–Crippen LogP) is 1.27. The highest BCUT2D eigenvalue weighted by Gasteiger charge is 2.14. The normalized spacial score (nSPS) is 10.8. The van der Waals surface area contributed by atoms with Crippen LogP contribution in [0.4, 0.5) is 10.5 Å². The number of hydrogen-bond acceptors (Lipinski definition) is 4. The van der Waals surface area contributed by atoms with Gasteiger partial charge in [0.2, 0.25) is 0 Å². The summed E-state index contributed by atoms with van der Waals surface area (Å²) in [7, 11) is -2.15. The molecule has 0 aliphatic rings. The van der Waals surface area contributed by atoms with Crippen LogP contribution in [-0.4, -0.2) is 27.9 Å². The van der Waals surface area contributed by atoms with E-state index in [9.17, 15) is 13.2 Å². The minimum Gasteiger partial charge on any atom is -0.453 e. The minimum atomic E-state index is -3.36. The molecule has 1 N–H and O–H groups in total. The summed E-state index contributed by atoms with van der Waals surface area (Å²) in [6.45, 7) is 0. The number of anilines is 1. The zero-order chi connectivity index (χ0) is 11.5. The molecular weight excluding hydrogens is 218 g/mol. The Balaban J connectivity index is 3.13. The van der Waals surface area contributed by atoms with Gasteiger partial charge in [-0.3, -0.25) is 5.32 Å². The lowest BCUT2D eigenvalue weighted by Crippen LogP contribution is -2.13. The second kappa shape index (κ2) is 4.31. The van der Waals surface area contributed by atoms with E-state index in [0.29, 0.717) is 0 Å². The summed E-state index contributed by atoms with van der Waals surface area (Å²) in [5, 5.41) is 2.33. The van der Waals surface area contributed by atoms with E-state index in [1.54, 1.807) is 12.1 Å². The van der Waals surface area contributed by atoms with Crippen molar-refractivity contribution in [3.05, 3.63) is 24.3 Å². The highest BCUT2D eigenvalue weighted by molar-refractivity contribution is 7.90. The van der Waals surface area contributed by atoms with Crippen LogP contribution in [0.3, 0.4) is 0 Å². The number of nitrogens with one attached hydrogen (secondary N) is 1. The molecule has 0 spiro atoms. The Labute approximate surface area is 88.0 Å². The highest BCUT2D eigenvalue weighted by Crippen LogP contribution is 2.20. The van der Waals surface area contributed by atoms with E-state index in [0.717, 1.165) is 6.26 Å². The van der Waals surface area contributed by atoms with Crippen molar-refractivity contribution in [2.24, 2.45) is 0 Å². The van der Waals surface area contributed by atoms with Crippen molar-refractivity contribution < 1.29 is 17.9 Å². The lowest BCUT2D eigenvalue weighted by atomic mass is 10.3. The first-order chi connectivity index (χ1) is 6.95. The number of benzene rings is 1. The molecule has 5 nitrogen and oxygen atoms in total. The summed E-state index contributed by atoms with van der Waals surface area (Å²) in [6.07, 6.45) is 0.372. The molecule has 6 heteroatoms. The van der Waals surface area contributed by atoms with Gasteiger partial charge in [0.05, 0.1) is 17.7 Å². The lowest BCUT2D eigenvalue weighted by molar-refractivity contribution is 0.187. The van der Waals surface area contributed by atoms with Crippen molar-refractivity contribution in [3.63, 3.8) is 0 Å². The van der Waals surface area contributed by atoms with Crippen molar-refractivity contribution in [1.82, 2.24) is 0 Å². The molecule has 0 atom stereocenters. The molecule has 1 aromatic carbocycles. The molecule has 0 radical (unpaired) electrons. The Morgan fingerprint density at radius 3 is 2.47 bits per heavy atom. The van der Waals surface area contributed by atoms with E-state index >= 15 is 0 Å². The molecule has 15 heavy (non-hydrogen) atoms. The number of rotatable bonds is 2. The number of ether oxygens (including phenoxy) is 1. The summed E-state index contributed by atoms with van der Waals surface area (Å²) in [5.74, 6) is 0. The van der Waals surface area contributed by atoms with Crippen molar-refractivity contribution in [1.29, 1.82) is 0 Å². The Morgan fingerprint density at radius 1 is 1.33 bits per heavy atom. The van der Waals surface area contributed by atoms with Crippen LogP contribution in [-0.2, 0) is 14.6 Å². The van der Waals surface area contributed by atoms with E-state index in [4.69, 9.17) is 0 Å². The molecule has 0 saturated carbocycles. The molecule has 0 aliphatic carbocycles. The fourth-order valence-electron chi connectivity index (χ4n) is 1.05. The summed E-state index contributed by atoms with van der Waals surface area (Å²) in [5.41, 5.74) is 0.215. The third kappa shape index (κ3) is 2.95. The summed E-state index contributed by atoms with van der Waals surface area (Å²) >= 11 is 0. The van der Waals surface area contributed by atoms with E-state index in [-0.39, 0.29) is 10.6 Å². The van der Waals surface area contributed by atoms with Gasteiger partial charge < -0.3 is 4.74 Å². The monoisotopic (exact) mass is 229 g/mol. The Morgan fingerprint density at radius 2 is 1.93 bits per heavy atom. The fourth-order valence-corrected chi connectivity index (χ4v) is 1.90. The maximum absolute atomic E-state index is 11.3. The molecule has 0 aliphatic heterocycles. The molecule has 0 aromatic heterocycles.